The summed E-state index contributed by atoms with van der Waals surface area (Å²) in [6, 6.07) is 8.97. The summed E-state index contributed by atoms with van der Waals surface area (Å²) >= 11 is 0. The number of ether oxygens (including phenoxy) is 1. The van der Waals surface area contributed by atoms with Gasteiger partial charge < -0.3 is 20.3 Å². The minimum absolute atomic E-state index is 0.0110. The minimum Gasteiger partial charge on any atom is -0.380 e. The number of anilines is 2. The molecule has 2 heterocycles. The van der Waals surface area contributed by atoms with Crippen molar-refractivity contribution in [3.63, 3.8) is 0 Å². The van der Waals surface area contributed by atoms with Crippen molar-refractivity contribution in [2.45, 2.75) is 70.6 Å². The number of carbonyl (C=O) groups is 1. The maximum Gasteiger partial charge on any atom is 0.272 e. The predicted molar refractivity (Wildman–Crippen MR) is 126 cm³/mol. The molecule has 2 aliphatic rings. The number of nitrogens with zero attached hydrogens (tertiary/aromatic N) is 3. The zero-order valence-electron chi connectivity index (χ0n) is 19.4. The molecule has 7 nitrogen and oxygen atoms in total. The molecule has 7 heteroatoms. The third kappa shape index (κ3) is 5.27. The molecule has 1 aromatic heterocycles. The first-order valence-electron chi connectivity index (χ1n) is 11.8. The molecule has 1 saturated heterocycles. The smallest absolute Gasteiger partial charge is 0.272 e. The van der Waals surface area contributed by atoms with Gasteiger partial charge in [0.05, 0.1) is 6.10 Å². The van der Waals surface area contributed by atoms with Gasteiger partial charge in [-0.3, -0.25) is 4.79 Å². The van der Waals surface area contributed by atoms with Crippen LogP contribution in [0.4, 0.5) is 11.5 Å². The summed E-state index contributed by atoms with van der Waals surface area (Å²) in [6.45, 7) is 5.44. The highest BCUT2D eigenvalue weighted by molar-refractivity contribution is 5.95. The van der Waals surface area contributed by atoms with Crippen LogP contribution in [0, 0.1) is 13.8 Å². The van der Waals surface area contributed by atoms with Gasteiger partial charge in [-0.25, -0.2) is 9.97 Å². The Hall–Kier alpha value is -2.51. The summed E-state index contributed by atoms with van der Waals surface area (Å²) in [5.74, 6) is 0.663. The molecule has 2 aromatic rings. The monoisotopic (exact) mass is 437 g/mol. The molecule has 2 fully saturated rings. The predicted octanol–water partition coefficient (Wildman–Crippen LogP) is 3.99. The van der Waals surface area contributed by atoms with Gasteiger partial charge in [0.2, 0.25) is 0 Å². The van der Waals surface area contributed by atoms with E-state index in [9.17, 15) is 4.79 Å². The quantitative estimate of drug-likeness (QED) is 0.711. The van der Waals surface area contributed by atoms with Gasteiger partial charge in [0.1, 0.15) is 17.8 Å². The van der Waals surface area contributed by atoms with Crippen LogP contribution in [0.5, 0.6) is 0 Å². The van der Waals surface area contributed by atoms with Crippen LogP contribution in [0.1, 0.15) is 60.1 Å². The van der Waals surface area contributed by atoms with E-state index in [2.05, 4.69) is 39.7 Å². The topological polar surface area (TPSA) is 79.4 Å². The highest BCUT2D eigenvalue weighted by Gasteiger charge is 2.30. The Balaban J connectivity index is 1.37. The minimum atomic E-state index is -0.0110. The molecule has 2 unspecified atom stereocenters. The molecule has 2 N–H and O–H groups in total. The number of aromatic nitrogens is 2. The molecule has 172 valence electrons. The number of likely N-dealkylation sites (tertiary alicyclic amines) is 1. The van der Waals surface area contributed by atoms with Crippen molar-refractivity contribution in [3.05, 3.63) is 47.4 Å². The Morgan fingerprint density at radius 2 is 1.88 bits per heavy atom. The zero-order valence-corrected chi connectivity index (χ0v) is 19.4. The van der Waals surface area contributed by atoms with Crippen LogP contribution in [0.15, 0.2) is 30.6 Å². The van der Waals surface area contributed by atoms with Gasteiger partial charge in [-0.15, -0.1) is 0 Å². The number of nitrogens with one attached hydrogen (secondary N) is 2. The lowest BCUT2D eigenvalue weighted by atomic mass is 9.90. The maximum absolute atomic E-state index is 13.2. The molecule has 32 heavy (non-hydrogen) atoms. The molecular weight excluding hydrogens is 402 g/mol. The van der Waals surface area contributed by atoms with Crippen molar-refractivity contribution in [3.8, 4) is 0 Å². The molecule has 2 atom stereocenters. The van der Waals surface area contributed by atoms with E-state index in [0.717, 1.165) is 43.6 Å². The SMILES string of the molecule is COC1CCCCC1NC1CCN(C(=O)c2ncnc(Nc3cccc(C)c3)c2C)CC1. The third-order valence-electron chi connectivity index (χ3n) is 6.80. The van der Waals surface area contributed by atoms with Crippen molar-refractivity contribution < 1.29 is 9.53 Å². The van der Waals surface area contributed by atoms with E-state index in [1.54, 1.807) is 0 Å². The molecule has 0 spiro atoms. The van der Waals surface area contributed by atoms with Gasteiger partial charge in [0.15, 0.2) is 0 Å². The van der Waals surface area contributed by atoms with Crippen LogP contribution in [-0.2, 0) is 4.74 Å². The normalized spacial score (nSPS) is 22.0. The van der Waals surface area contributed by atoms with Crippen molar-refractivity contribution in [2.75, 3.05) is 25.5 Å². The second kappa shape index (κ2) is 10.4. The van der Waals surface area contributed by atoms with Crippen molar-refractivity contribution in [1.82, 2.24) is 20.2 Å². The van der Waals surface area contributed by atoms with Crippen LogP contribution in [0.2, 0.25) is 0 Å². The molecule has 0 radical (unpaired) electrons. The van der Waals surface area contributed by atoms with Crippen LogP contribution >= 0.6 is 0 Å². The first-order chi connectivity index (χ1) is 15.5. The van der Waals surface area contributed by atoms with Gasteiger partial charge in [-0.1, -0.05) is 25.0 Å². The van der Waals surface area contributed by atoms with E-state index in [1.807, 2.05) is 31.1 Å². The Labute approximate surface area is 191 Å². The lowest BCUT2D eigenvalue weighted by Gasteiger charge is -2.38. The van der Waals surface area contributed by atoms with E-state index in [1.165, 1.54) is 31.2 Å². The molecule has 1 aromatic carbocycles. The highest BCUT2D eigenvalue weighted by Crippen LogP contribution is 2.25. The number of amides is 1. The van der Waals surface area contributed by atoms with E-state index in [-0.39, 0.29) is 5.91 Å². The summed E-state index contributed by atoms with van der Waals surface area (Å²) in [5.41, 5.74) is 3.38. The molecule has 1 saturated carbocycles. The van der Waals surface area contributed by atoms with Gasteiger partial charge in [0, 0.05) is 43.5 Å². The number of hydrogen-bond acceptors (Lipinski definition) is 6. The molecule has 4 rings (SSSR count). The van der Waals surface area contributed by atoms with Crippen LogP contribution in [-0.4, -0.2) is 59.2 Å². The van der Waals surface area contributed by atoms with E-state index >= 15 is 0 Å². The highest BCUT2D eigenvalue weighted by atomic mass is 16.5. The summed E-state index contributed by atoms with van der Waals surface area (Å²) < 4.78 is 5.69. The Bertz CT molecular complexity index is 926. The fraction of sp³-hybridized carbons (Fsp3) is 0.560. The van der Waals surface area contributed by atoms with Crippen LogP contribution in [0.25, 0.3) is 0 Å². The second-order valence-electron chi connectivity index (χ2n) is 9.09. The summed E-state index contributed by atoms with van der Waals surface area (Å²) in [7, 11) is 1.82. The number of methoxy groups -OCH3 is 1. The number of hydrogen-bond donors (Lipinski definition) is 2. The molecule has 1 aliphatic heterocycles. The van der Waals surface area contributed by atoms with E-state index in [4.69, 9.17) is 4.74 Å². The van der Waals surface area contributed by atoms with Crippen LogP contribution in [0.3, 0.4) is 0 Å². The fourth-order valence-corrected chi connectivity index (χ4v) is 4.92. The summed E-state index contributed by atoms with van der Waals surface area (Å²) in [4.78, 5) is 23.9. The summed E-state index contributed by atoms with van der Waals surface area (Å²) in [6.07, 6.45) is 8.52. The third-order valence-corrected chi connectivity index (χ3v) is 6.80. The lowest BCUT2D eigenvalue weighted by molar-refractivity contribution is 0.0329. The van der Waals surface area contributed by atoms with Gasteiger partial charge in [-0.2, -0.15) is 0 Å². The Morgan fingerprint density at radius 1 is 1.09 bits per heavy atom. The number of carbonyl (C=O) groups excluding carboxylic acids is 1. The zero-order chi connectivity index (χ0) is 22.5. The van der Waals surface area contributed by atoms with Crippen molar-refractivity contribution >= 4 is 17.4 Å². The van der Waals surface area contributed by atoms with Crippen molar-refractivity contribution in [1.29, 1.82) is 0 Å². The second-order valence-corrected chi connectivity index (χ2v) is 9.09. The van der Waals surface area contributed by atoms with Gasteiger partial charge in [-0.05, 0) is 57.2 Å². The Morgan fingerprint density at radius 3 is 2.62 bits per heavy atom. The number of aryl methyl sites for hydroxylation is 1. The standard InChI is InChI=1S/C25H35N5O2/c1-17-7-6-8-20(15-17)29-24-18(2)23(26-16-27-24)25(31)30-13-11-19(12-14-30)28-21-9-4-5-10-22(21)32-3/h6-8,15-16,19,21-22,28H,4-5,9-14H2,1-3H3,(H,26,27,29). The average Bonchev–Trinajstić information content (AvgIpc) is 2.81. The molecule has 0 bridgehead atoms. The molecule has 1 aliphatic carbocycles. The largest absolute Gasteiger partial charge is 0.380 e. The average molecular weight is 438 g/mol. The van der Waals surface area contributed by atoms with Crippen LogP contribution < -0.4 is 10.6 Å². The molecular formula is C25H35N5O2. The van der Waals surface area contributed by atoms with E-state index in [0.29, 0.717) is 29.7 Å². The van der Waals surface area contributed by atoms with Crippen molar-refractivity contribution in [2.24, 2.45) is 0 Å². The van der Waals surface area contributed by atoms with Gasteiger partial charge >= 0.3 is 0 Å². The number of piperidine rings is 1. The number of rotatable bonds is 6. The Kier molecular flexibility index (Phi) is 7.37. The molecule has 1 amide bonds. The van der Waals surface area contributed by atoms with Gasteiger partial charge in [0.25, 0.3) is 5.91 Å². The first-order valence-corrected chi connectivity index (χ1v) is 11.8. The number of benzene rings is 1. The first kappa shape index (κ1) is 22.7. The lowest BCUT2D eigenvalue weighted by Crippen LogP contribution is -2.52. The fourth-order valence-electron chi connectivity index (χ4n) is 4.92. The van der Waals surface area contributed by atoms with E-state index < -0.39 is 0 Å². The summed E-state index contributed by atoms with van der Waals surface area (Å²) in [5, 5.41) is 7.14. The maximum atomic E-state index is 13.2.